The van der Waals surface area contributed by atoms with Gasteiger partial charge in [0, 0.05) is 11.1 Å². The number of rotatable bonds is 3. The number of hydrogen-bond acceptors (Lipinski definition) is 3. The third-order valence-corrected chi connectivity index (χ3v) is 3.02. The fraction of sp³-hybridized carbons (Fsp3) is 0.538. The van der Waals surface area contributed by atoms with Crippen LogP contribution in [0.4, 0.5) is 0 Å². The summed E-state index contributed by atoms with van der Waals surface area (Å²) in [5.41, 5.74) is 1.06. The van der Waals surface area contributed by atoms with Gasteiger partial charge in [0.25, 0.3) is 0 Å². The van der Waals surface area contributed by atoms with E-state index in [-0.39, 0.29) is 6.04 Å². The molecule has 2 atom stereocenters. The van der Waals surface area contributed by atoms with Gasteiger partial charge >= 0.3 is 0 Å². The lowest BCUT2D eigenvalue weighted by atomic mass is 10.2. The molecule has 1 aliphatic rings. The highest BCUT2D eigenvalue weighted by Gasteiger charge is 2.18. The van der Waals surface area contributed by atoms with Crippen LogP contribution in [0.1, 0.15) is 12.5 Å². The summed E-state index contributed by atoms with van der Waals surface area (Å²) < 4.78 is 11.2. The van der Waals surface area contributed by atoms with E-state index in [0.29, 0.717) is 19.3 Å². The van der Waals surface area contributed by atoms with E-state index in [1.807, 2.05) is 25.1 Å². The molecule has 0 amide bonds. The van der Waals surface area contributed by atoms with Crippen LogP contribution < -0.4 is 10.1 Å². The second-order valence-corrected chi connectivity index (χ2v) is 4.96. The fourth-order valence-electron chi connectivity index (χ4n) is 1.95. The van der Waals surface area contributed by atoms with Gasteiger partial charge in [-0.25, -0.2) is 0 Å². The second kappa shape index (κ2) is 5.71. The van der Waals surface area contributed by atoms with Gasteiger partial charge < -0.3 is 14.8 Å². The van der Waals surface area contributed by atoms with E-state index in [9.17, 15) is 0 Å². The van der Waals surface area contributed by atoms with Crippen LogP contribution >= 0.6 is 11.6 Å². The number of morpholine rings is 1. The van der Waals surface area contributed by atoms with Crippen molar-refractivity contribution in [3.8, 4) is 5.75 Å². The van der Waals surface area contributed by atoms with E-state index in [1.165, 1.54) is 0 Å². The van der Waals surface area contributed by atoms with Crippen molar-refractivity contribution in [2.75, 3.05) is 19.8 Å². The summed E-state index contributed by atoms with van der Waals surface area (Å²) in [6.45, 7) is 6.20. The highest BCUT2D eigenvalue weighted by Crippen LogP contribution is 2.22. The highest BCUT2D eigenvalue weighted by atomic mass is 35.5. The van der Waals surface area contributed by atoms with Crippen LogP contribution in [-0.4, -0.2) is 31.9 Å². The van der Waals surface area contributed by atoms with Gasteiger partial charge in [0.05, 0.1) is 19.3 Å². The molecule has 0 spiro atoms. The standard InChI is InChI=1S/C13H18ClNO2/c1-9-5-11(14)3-4-13(9)17-8-12-7-16-6-10(2)15-12/h3-5,10,12,15H,6-8H2,1-2H3. The van der Waals surface area contributed by atoms with Crippen LogP contribution in [0, 0.1) is 6.92 Å². The van der Waals surface area contributed by atoms with E-state index in [4.69, 9.17) is 21.1 Å². The Balaban J connectivity index is 1.88. The maximum Gasteiger partial charge on any atom is 0.122 e. The van der Waals surface area contributed by atoms with E-state index in [2.05, 4.69) is 12.2 Å². The molecule has 1 N–H and O–H groups in total. The summed E-state index contributed by atoms with van der Waals surface area (Å²) >= 11 is 5.90. The van der Waals surface area contributed by atoms with Gasteiger partial charge in [0.1, 0.15) is 12.4 Å². The molecule has 1 saturated heterocycles. The molecule has 1 aromatic rings. The Hall–Kier alpha value is -0.770. The van der Waals surface area contributed by atoms with Gasteiger partial charge in [-0.2, -0.15) is 0 Å². The third-order valence-electron chi connectivity index (χ3n) is 2.78. The fourth-order valence-corrected chi connectivity index (χ4v) is 2.17. The van der Waals surface area contributed by atoms with Crippen molar-refractivity contribution < 1.29 is 9.47 Å². The molecule has 4 heteroatoms. The third kappa shape index (κ3) is 3.60. The van der Waals surface area contributed by atoms with Gasteiger partial charge in [0.2, 0.25) is 0 Å². The zero-order chi connectivity index (χ0) is 12.3. The minimum Gasteiger partial charge on any atom is -0.492 e. The van der Waals surface area contributed by atoms with Crippen LogP contribution in [0.5, 0.6) is 5.75 Å². The highest BCUT2D eigenvalue weighted by molar-refractivity contribution is 6.30. The SMILES string of the molecule is Cc1cc(Cl)ccc1OCC1COCC(C)N1. The summed E-state index contributed by atoms with van der Waals surface area (Å²) in [5, 5.41) is 4.18. The van der Waals surface area contributed by atoms with Crippen molar-refractivity contribution in [3.05, 3.63) is 28.8 Å². The van der Waals surface area contributed by atoms with Crippen LogP contribution in [0.25, 0.3) is 0 Å². The molecule has 2 unspecified atom stereocenters. The lowest BCUT2D eigenvalue weighted by molar-refractivity contribution is 0.0352. The van der Waals surface area contributed by atoms with Gasteiger partial charge in [-0.1, -0.05) is 11.6 Å². The zero-order valence-electron chi connectivity index (χ0n) is 10.2. The normalized spacial score (nSPS) is 24.6. The topological polar surface area (TPSA) is 30.5 Å². The molecule has 0 aromatic heterocycles. The molecular weight excluding hydrogens is 238 g/mol. The predicted octanol–water partition coefficient (Wildman–Crippen LogP) is 2.40. The molecule has 0 radical (unpaired) electrons. The van der Waals surface area contributed by atoms with Crippen LogP contribution in [-0.2, 0) is 4.74 Å². The molecular formula is C13H18ClNO2. The molecule has 3 nitrogen and oxygen atoms in total. The number of benzene rings is 1. The smallest absolute Gasteiger partial charge is 0.122 e. The molecule has 0 aliphatic carbocycles. The summed E-state index contributed by atoms with van der Waals surface area (Å²) in [5.74, 6) is 0.884. The number of hydrogen-bond donors (Lipinski definition) is 1. The molecule has 1 aliphatic heterocycles. The van der Waals surface area contributed by atoms with Crippen LogP contribution in [0.3, 0.4) is 0 Å². The molecule has 2 rings (SSSR count). The Morgan fingerprint density at radius 1 is 1.47 bits per heavy atom. The van der Waals surface area contributed by atoms with E-state index >= 15 is 0 Å². The average molecular weight is 256 g/mol. The Bertz CT molecular complexity index is 384. The lowest BCUT2D eigenvalue weighted by Gasteiger charge is -2.29. The molecule has 0 bridgehead atoms. The maximum absolute atomic E-state index is 5.90. The van der Waals surface area contributed by atoms with Gasteiger partial charge in [-0.05, 0) is 37.6 Å². The number of ether oxygens (including phenoxy) is 2. The van der Waals surface area contributed by atoms with Crippen molar-refractivity contribution in [1.29, 1.82) is 0 Å². The number of halogens is 1. The van der Waals surface area contributed by atoms with Crippen molar-refractivity contribution >= 4 is 11.6 Å². The van der Waals surface area contributed by atoms with E-state index in [0.717, 1.165) is 22.9 Å². The minimum atomic E-state index is 0.258. The molecule has 1 fully saturated rings. The first-order valence-corrected chi connectivity index (χ1v) is 6.25. The summed E-state index contributed by atoms with van der Waals surface area (Å²) in [6, 6.07) is 6.31. The van der Waals surface area contributed by atoms with E-state index in [1.54, 1.807) is 0 Å². The summed E-state index contributed by atoms with van der Waals surface area (Å²) in [4.78, 5) is 0. The Morgan fingerprint density at radius 3 is 3.00 bits per heavy atom. The first kappa shape index (κ1) is 12.7. The molecule has 94 valence electrons. The molecule has 1 heterocycles. The molecule has 17 heavy (non-hydrogen) atoms. The first-order chi connectivity index (χ1) is 8.15. The van der Waals surface area contributed by atoms with Gasteiger partial charge in [0.15, 0.2) is 0 Å². The Kier molecular flexibility index (Phi) is 4.26. The Morgan fingerprint density at radius 2 is 2.29 bits per heavy atom. The largest absolute Gasteiger partial charge is 0.492 e. The van der Waals surface area contributed by atoms with Gasteiger partial charge in [-0.3, -0.25) is 0 Å². The summed E-state index contributed by atoms with van der Waals surface area (Å²) in [6.07, 6.45) is 0. The average Bonchev–Trinajstić information content (AvgIpc) is 2.28. The first-order valence-electron chi connectivity index (χ1n) is 5.88. The second-order valence-electron chi connectivity index (χ2n) is 4.52. The van der Waals surface area contributed by atoms with Crippen molar-refractivity contribution in [1.82, 2.24) is 5.32 Å². The van der Waals surface area contributed by atoms with Crippen molar-refractivity contribution in [3.63, 3.8) is 0 Å². The quantitative estimate of drug-likeness (QED) is 0.900. The Labute approximate surface area is 107 Å². The molecule has 1 aromatic carbocycles. The van der Waals surface area contributed by atoms with Crippen molar-refractivity contribution in [2.24, 2.45) is 0 Å². The zero-order valence-corrected chi connectivity index (χ0v) is 11.0. The monoisotopic (exact) mass is 255 g/mol. The minimum absolute atomic E-state index is 0.258. The number of aryl methyl sites for hydroxylation is 1. The predicted molar refractivity (Wildman–Crippen MR) is 68.9 cm³/mol. The maximum atomic E-state index is 5.90. The summed E-state index contributed by atoms with van der Waals surface area (Å²) in [7, 11) is 0. The van der Waals surface area contributed by atoms with E-state index < -0.39 is 0 Å². The van der Waals surface area contributed by atoms with Crippen molar-refractivity contribution in [2.45, 2.75) is 25.9 Å². The lowest BCUT2D eigenvalue weighted by Crippen LogP contribution is -2.50. The van der Waals surface area contributed by atoms with Crippen LogP contribution in [0.15, 0.2) is 18.2 Å². The number of nitrogens with one attached hydrogen (secondary N) is 1. The van der Waals surface area contributed by atoms with Gasteiger partial charge in [-0.15, -0.1) is 0 Å². The van der Waals surface area contributed by atoms with Crippen LogP contribution in [0.2, 0.25) is 5.02 Å². The molecule has 0 saturated carbocycles.